The van der Waals surface area contributed by atoms with E-state index in [4.69, 9.17) is 26.4 Å². The van der Waals surface area contributed by atoms with Crippen LogP contribution in [-0.4, -0.2) is 35.4 Å². The standard InChI is InChI=1S/C26H22N2O5S2/c1-31-21-10-6-9-19(23(21)32-2)15-22-25(30)28(26(34)35-22)27-24(29)18-11-13-20(14-12-18)33-16-17-7-4-3-5-8-17/h3-15H,16H2,1-2H3,(H,27,29)/b22-15-. The number of benzene rings is 3. The Balaban J connectivity index is 1.42. The minimum atomic E-state index is -0.462. The van der Waals surface area contributed by atoms with Crippen LogP contribution in [0.4, 0.5) is 0 Å². The largest absolute Gasteiger partial charge is 0.493 e. The Hall–Kier alpha value is -3.82. The Kier molecular flexibility index (Phi) is 7.69. The predicted molar refractivity (Wildman–Crippen MR) is 139 cm³/mol. The van der Waals surface area contributed by atoms with Crippen LogP contribution in [0.1, 0.15) is 21.5 Å². The van der Waals surface area contributed by atoms with Crippen LogP contribution >= 0.6 is 24.0 Å². The maximum absolute atomic E-state index is 13.0. The summed E-state index contributed by atoms with van der Waals surface area (Å²) in [5, 5.41) is 1.07. The third-order valence-corrected chi connectivity index (χ3v) is 6.39. The third kappa shape index (κ3) is 5.64. The lowest BCUT2D eigenvalue weighted by molar-refractivity contribution is -0.123. The average Bonchev–Trinajstić information content (AvgIpc) is 3.15. The van der Waals surface area contributed by atoms with Crippen molar-refractivity contribution in [2.45, 2.75) is 6.61 Å². The van der Waals surface area contributed by atoms with Gasteiger partial charge in [0.05, 0.1) is 19.1 Å². The van der Waals surface area contributed by atoms with Crippen LogP contribution in [0.15, 0.2) is 77.7 Å². The first-order valence-electron chi connectivity index (χ1n) is 10.6. The zero-order valence-electron chi connectivity index (χ0n) is 19.0. The molecule has 0 radical (unpaired) electrons. The molecule has 0 aromatic heterocycles. The number of hydrogen-bond donors (Lipinski definition) is 1. The highest BCUT2D eigenvalue weighted by molar-refractivity contribution is 8.26. The summed E-state index contributed by atoms with van der Waals surface area (Å²) in [4.78, 5) is 26.1. The van der Waals surface area contributed by atoms with Gasteiger partial charge in [-0.2, -0.15) is 5.01 Å². The summed E-state index contributed by atoms with van der Waals surface area (Å²) in [6.07, 6.45) is 1.66. The number of carbonyl (C=O) groups is 2. The van der Waals surface area contributed by atoms with E-state index < -0.39 is 11.8 Å². The summed E-state index contributed by atoms with van der Waals surface area (Å²) in [7, 11) is 3.07. The molecule has 1 aliphatic rings. The smallest absolute Gasteiger partial charge is 0.285 e. The molecule has 7 nitrogen and oxygen atoms in total. The number of hydrazine groups is 1. The van der Waals surface area contributed by atoms with Crippen LogP contribution in [0.25, 0.3) is 6.08 Å². The van der Waals surface area contributed by atoms with Gasteiger partial charge in [0, 0.05) is 11.1 Å². The van der Waals surface area contributed by atoms with Gasteiger partial charge in [0.25, 0.3) is 11.8 Å². The molecular formula is C26H22N2O5S2. The Morgan fingerprint density at radius 3 is 2.43 bits per heavy atom. The molecule has 0 aliphatic carbocycles. The van der Waals surface area contributed by atoms with Gasteiger partial charge in [-0.1, -0.05) is 54.2 Å². The van der Waals surface area contributed by atoms with Crippen LogP contribution in [0.3, 0.4) is 0 Å². The molecule has 1 N–H and O–H groups in total. The molecule has 4 rings (SSSR count). The van der Waals surface area contributed by atoms with E-state index in [2.05, 4.69) is 5.43 Å². The Morgan fingerprint density at radius 2 is 1.74 bits per heavy atom. The molecular weight excluding hydrogens is 484 g/mol. The normalized spacial score (nSPS) is 14.2. The molecule has 0 saturated carbocycles. The van der Waals surface area contributed by atoms with Gasteiger partial charge >= 0.3 is 0 Å². The molecule has 1 fully saturated rings. The second-order valence-corrected chi connectivity index (χ2v) is 9.02. The van der Waals surface area contributed by atoms with Crippen LogP contribution in [0.2, 0.25) is 0 Å². The summed E-state index contributed by atoms with van der Waals surface area (Å²) in [5.74, 6) is 0.781. The third-order valence-electron chi connectivity index (χ3n) is 5.09. The first-order chi connectivity index (χ1) is 17.0. The van der Waals surface area contributed by atoms with E-state index >= 15 is 0 Å². The van der Waals surface area contributed by atoms with Crippen molar-refractivity contribution in [3.8, 4) is 17.2 Å². The molecule has 2 amide bonds. The van der Waals surface area contributed by atoms with Crippen molar-refractivity contribution in [3.05, 3.63) is 94.4 Å². The van der Waals surface area contributed by atoms with Crippen molar-refractivity contribution in [2.75, 3.05) is 14.2 Å². The van der Waals surface area contributed by atoms with E-state index in [9.17, 15) is 9.59 Å². The number of thiocarbonyl (C=S) groups is 1. The molecule has 1 aliphatic heterocycles. The summed E-state index contributed by atoms with van der Waals surface area (Å²) >= 11 is 6.42. The number of carbonyl (C=O) groups excluding carboxylic acids is 2. The van der Waals surface area contributed by atoms with E-state index in [-0.39, 0.29) is 4.32 Å². The van der Waals surface area contributed by atoms with E-state index in [1.54, 1.807) is 55.7 Å². The fraction of sp³-hybridized carbons (Fsp3) is 0.115. The lowest BCUT2D eigenvalue weighted by Crippen LogP contribution is -2.44. The molecule has 1 heterocycles. The summed E-state index contributed by atoms with van der Waals surface area (Å²) < 4.78 is 16.7. The minimum absolute atomic E-state index is 0.222. The van der Waals surface area contributed by atoms with Gasteiger partial charge in [-0.05, 0) is 54.2 Å². The van der Waals surface area contributed by atoms with Crippen LogP contribution in [0.5, 0.6) is 17.2 Å². The highest BCUT2D eigenvalue weighted by Crippen LogP contribution is 2.36. The Morgan fingerprint density at radius 1 is 1.00 bits per heavy atom. The van der Waals surface area contributed by atoms with Gasteiger partial charge < -0.3 is 14.2 Å². The van der Waals surface area contributed by atoms with Crippen molar-refractivity contribution in [2.24, 2.45) is 0 Å². The fourth-order valence-corrected chi connectivity index (χ4v) is 4.51. The van der Waals surface area contributed by atoms with Gasteiger partial charge in [0.2, 0.25) is 0 Å². The van der Waals surface area contributed by atoms with Crippen molar-refractivity contribution in [1.82, 2.24) is 10.4 Å². The number of para-hydroxylation sites is 1. The number of hydrogen-bond acceptors (Lipinski definition) is 7. The molecule has 35 heavy (non-hydrogen) atoms. The topological polar surface area (TPSA) is 77.1 Å². The first kappa shape index (κ1) is 24.3. The molecule has 0 unspecified atom stereocenters. The van der Waals surface area contributed by atoms with Crippen LogP contribution in [-0.2, 0) is 11.4 Å². The summed E-state index contributed by atoms with van der Waals surface area (Å²) in [5.41, 5.74) is 4.65. The zero-order chi connectivity index (χ0) is 24.8. The number of nitrogens with one attached hydrogen (secondary N) is 1. The van der Waals surface area contributed by atoms with Gasteiger partial charge in [0.15, 0.2) is 15.8 Å². The number of methoxy groups -OCH3 is 2. The predicted octanol–water partition coefficient (Wildman–Crippen LogP) is 4.83. The maximum atomic E-state index is 13.0. The van der Waals surface area contributed by atoms with Gasteiger partial charge in [0.1, 0.15) is 12.4 Å². The maximum Gasteiger partial charge on any atom is 0.285 e. The highest BCUT2D eigenvalue weighted by Gasteiger charge is 2.34. The quantitative estimate of drug-likeness (QED) is 0.346. The van der Waals surface area contributed by atoms with Crippen molar-refractivity contribution >= 4 is 46.2 Å². The Labute approximate surface area is 212 Å². The van der Waals surface area contributed by atoms with Crippen molar-refractivity contribution in [1.29, 1.82) is 0 Å². The number of amides is 2. The van der Waals surface area contributed by atoms with Crippen LogP contribution in [0, 0.1) is 0 Å². The molecule has 1 saturated heterocycles. The second-order valence-electron chi connectivity index (χ2n) is 7.34. The monoisotopic (exact) mass is 506 g/mol. The first-order valence-corrected chi connectivity index (χ1v) is 11.8. The molecule has 0 atom stereocenters. The van der Waals surface area contributed by atoms with Crippen molar-refractivity contribution in [3.63, 3.8) is 0 Å². The van der Waals surface area contributed by atoms with Gasteiger partial charge in [-0.15, -0.1) is 0 Å². The van der Waals surface area contributed by atoms with E-state index in [1.807, 2.05) is 30.3 Å². The number of thioether (sulfide) groups is 1. The molecule has 178 valence electrons. The van der Waals surface area contributed by atoms with E-state index in [0.29, 0.717) is 39.9 Å². The number of ether oxygens (including phenoxy) is 3. The average molecular weight is 507 g/mol. The van der Waals surface area contributed by atoms with E-state index in [1.165, 1.54) is 7.11 Å². The van der Waals surface area contributed by atoms with E-state index in [0.717, 1.165) is 22.3 Å². The van der Waals surface area contributed by atoms with Crippen molar-refractivity contribution < 1.29 is 23.8 Å². The molecule has 9 heteroatoms. The molecule has 0 spiro atoms. The number of rotatable bonds is 8. The highest BCUT2D eigenvalue weighted by atomic mass is 32.2. The lowest BCUT2D eigenvalue weighted by atomic mass is 10.1. The summed E-state index contributed by atoms with van der Waals surface area (Å²) in [6.45, 7) is 0.424. The fourth-order valence-electron chi connectivity index (χ4n) is 3.34. The second kappa shape index (κ2) is 11.1. The molecule has 3 aromatic carbocycles. The van der Waals surface area contributed by atoms with Gasteiger partial charge in [-0.3, -0.25) is 15.0 Å². The summed E-state index contributed by atoms with van der Waals surface area (Å²) in [6, 6.07) is 21.8. The molecule has 0 bridgehead atoms. The Bertz CT molecular complexity index is 1280. The minimum Gasteiger partial charge on any atom is -0.493 e. The van der Waals surface area contributed by atoms with Crippen LogP contribution < -0.4 is 19.6 Å². The van der Waals surface area contributed by atoms with Gasteiger partial charge in [-0.25, -0.2) is 0 Å². The molecule has 3 aromatic rings. The number of nitrogens with zero attached hydrogens (tertiary/aromatic N) is 1. The zero-order valence-corrected chi connectivity index (χ0v) is 20.7. The lowest BCUT2D eigenvalue weighted by Gasteiger charge is -2.16. The SMILES string of the molecule is COc1cccc(/C=C2\SC(=S)N(NC(=O)c3ccc(OCc4ccccc4)cc3)C2=O)c1OC.